The molecule has 0 saturated carbocycles. The van der Waals surface area contributed by atoms with Crippen LogP contribution in [-0.2, 0) is 11.3 Å². The van der Waals surface area contributed by atoms with Crippen molar-refractivity contribution in [3.05, 3.63) is 70.3 Å². The average molecular weight is 297 g/mol. The average Bonchev–Trinajstić information content (AvgIpc) is 2.51. The SMILES string of the molecule is COC(=O)c1ccc(CNC(=O)c2cc(C)cc(C)c2)cc1. The first kappa shape index (κ1) is 15.8. The second-order valence-electron chi connectivity index (χ2n) is 5.25. The summed E-state index contributed by atoms with van der Waals surface area (Å²) in [7, 11) is 1.35. The Balaban J connectivity index is 2.00. The van der Waals surface area contributed by atoms with Crippen molar-refractivity contribution < 1.29 is 14.3 Å². The van der Waals surface area contributed by atoms with Gasteiger partial charge in [-0.05, 0) is 43.7 Å². The van der Waals surface area contributed by atoms with Crippen molar-refractivity contribution in [1.29, 1.82) is 0 Å². The van der Waals surface area contributed by atoms with Crippen LogP contribution >= 0.6 is 0 Å². The molecule has 2 aromatic carbocycles. The van der Waals surface area contributed by atoms with Gasteiger partial charge in [0.05, 0.1) is 12.7 Å². The summed E-state index contributed by atoms with van der Waals surface area (Å²) in [6.45, 7) is 4.35. The fraction of sp³-hybridized carbons (Fsp3) is 0.222. The van der Waals surface area contributed by atoms with Crippen LogP contribution in [0.3, 0.4) is 0 Å². The summed E-state index contributed by atoms with van der Waals surface area (Å²) in [6, 6.07) is 12.7. The molecule has 0 bridgehead atoms. The Labute approximate surface area is 130 Å². The van der Waals surface area contributed by atoms with E-state index in [1.54, 1.807) is 24.3 Å². The van der Waals surface area contributed by atoms with E-state index >= 15 is 0 Å². The Morgan fingerprint density at radius 2 is 1.55 bits per heavy atom. The maximum atomic E-state index is 12.2. The molecule has 114 valence electrons. The fourth-order valence-corrected chi connectivity index (χ4v) is 2.27. The van der Waals surface area contributed by atoms with Gasteiger partial charge in [0, 0.05) is 12.1 Å². The van der Waals surface area contributed by atoms with Gasteiger partial charge in [0.2, 0.25) is 0 Å². The van der Waals surface area contributed by atoms with E-state index < -0.39 is 0 Å². The number of rotatable bonds is 4. The first-order valence-electron chi connectivity index (χ1n) is 7.03. The van der Waals surface area contributed by atoms with E-state index in [0.29, 0.717) is 17.7 Å². The molecule has 0 saturated heterocycles. The van der Waals surface area contributed by atoms with Crippen molar-refractivity contribution in [1.82, 2.24) is 5.32 Å². The molecule has 4 nitrogen and oxygen atoms in total. The monoisotopic (exact) mass is 297 g/mol. The maximum Gasteiger partial charge on any atom is 0.337 e. The highest BCUT2D eigenvalue weighted by Gasteiger charge is 2.08. The molecule has 0 aromatic heterocycles. The molecule has 0 unspecified atom stereocenters. The van der Waals surface area contributed by atoms with Gasteiger partial charge < -0.3 is 10.1 Å². The van der Waals surface area contributed by atoms with E-state index in [9.17, 15) is 9.59 Å². The van der Waals surface area contributed by atoms with Crippen molar-refractivity contribution >= 4 is 11.9 Å². The minimum atomic E-state index is -0.370. The lowest BCUT2D eigenvalue weighted by molar-refractivity contribution is 0.0600. The Kier molecular flexibility index (Phi) is 4.94. The molecule has 0 aliphatic rings. The van der Waals surface area contributed by atoms with Crippen LogP contribution in [0.1, 0.15) is 37.4 Å². The quantitative estimate of drug-likeness (QED) is 0.883. The minimum absolute atomic E-state index is 0.108. The molecule has 4 heteroatoms. The number of aryl methyl sites for hydroxylation is 2. The number of benzene rings is 2. The number of esters is 1. The Morgan fingerprint density at radius 1 is 0.955 bits per heavy atom. The van der Waals surface area contributed by atoms with Crippen molar-refractivity contribution in [2.45, 2.75) is 20.4 Å². The molecular weight excluding hydrogens is 278 g/mol. The summed E-state index contributed by atoms with van der Waals surface area (Å²) in [5.41, 5.74) is 4.20. The van der Waals surface area contributed by atoms with Crippen molar-refractivity contribution in [3.8, 4) is 0 Å². The molecule has 0 radical (unpaired) electrons. The molecule has 22 heavy (non-hydrogen) atoms. The maximum absolute atomic E-state index is 12.2. The standard InChI is InChI=1S/C18H19NO3/c1-12-8-13(2)10-16(9-12)17(20)19-11-14-4-6-15(7-5-14)18(21)22-3/h4-10H,11H2,1-3H3,(H,19,20). The second kappa shape index (κ2) is 6.89. The van der Waals surface area contributed by atoms with Gasteiger partial charge in [-0.2, -0.15) is 0 Å². The molecule has 0 aliphatic carbocycles. The Morgan fingerprint density at radius 3 is 2.09 bits per heavy atom. The summed E-state index contributed by atoms with van der Waals surface area (Å²) in [4.78, 5) is 23.5. The van der Waals surface area contributed by atoms with E-state index in [2.05, 4.69) is 10.1 Å². The van der Waals surface area contributed by atoms with E-state index in [4.69, 9.17) is 0 Å². The largest absolute Gasteiger partial charge is 0.465 e. The van der Waals surface area contributed by atoms with Crippen LogP contribution in [0.4, 0.5) is 0 Å². The highest BCUT2D eigenvalue weighted by molar-refractivity contribution is 5.94. The van der Waals surface area contributed by atoms with Gasteiger partial charge in [-0.1, -0.05) is 29.3 Å². The lowest BCUT2D eigenvalue weighted by Gasteiger charge is -2.08. The van der Waals surface area contributed by atoms with E-state index in [-0.39, 0.29) is 11.9 Å². The predicted molar refractivity (Wildman–Crippen MR) is 84.9 cm³/mol. The third-order valence-electron chi connectivity index (χ3n) is 3.31. The van der Waals surface area contributed by atoms with E-state index in [1.165, 1.54) is 7.11 Å². The third-order valence-corrected chi connectivity index (χ3v) is 3.31. The fourth-order valence-electron chi connectivity index (χ4n) is 2.27. The lowest BCUT2D eigenvalue weighted by atomic mass is 10.1. The molecule has 0 aliphatic heterocycles. The zero-order chi connectivity index (χ0) is 16.1. The van der Waals surface area contributed by atoms with Crippen LogP contribution in [0.5, 0.6) is 0 Å². The van der Waals surface area contributed by atoms with E-state index in [0.717, 1.165) is 16.7 Å². The smallest absolute Gasteiger partial charge is 0.337 e. The van der Waals surface area contributed by atoms with Crippen LogP contribution in [0.15, 0.2) is 42.5 Å². The summed E-state index contributed by atoms with van der Waals surface area (Å²) >= 11 is 0. The van der Waals surface area contributed by atoms with Crippen LogP contribution in [0.2, 0.25) is 0 Å². The molecule has 2 aromatic rings. The molecular formula is C18H19NO3. The summed E-state index contributed by atoms with van der Waals surface area (Å²) in [5.74, 6) is -0.477. The first-order chi connectivity index (χ1) is 10.5. The normalized spacial score (nSPS) is 10.1. The van der Waals surface area contributed by atoms with Crippen molar-refractivity contribution in [2.24, 2.45) is 0 Å². The van der Waals surface area contributed by atoms with Gasteiger partial charge in [0.25, 0.3) is 5.91 Å². The van der Waals surface area contributed by atoms with Crippen molar-refractivity contribution in [3.63, 3.8) is 0 Å². The molecule has 0 spiro atoms. The number of hydrogen-bond acceptors (Lipinski definition) is 3. The zero-order valence-electron chi connectivity index (χ0n) is 13.0. The van der Waals surface area contributed by atoms with Crippen LogP contribution in [-0.4, -0.2) is 19.0 Å². The number of methoxy groups -OCH3 is 1. The first-order valence-corrected chi connectivity index (χ1v) is 7.03. The number of carbonyl (C=O) groups excluding carboxylic acids is 2. The second-order valence-corrected chi connectivity index (χ2v) is 5.25. The summed E-state index contributed by atoms with van der Waals surface area (Å²) in [5, 5.41) is 2.88. The molecule has 2 rings (SSSR count). The Bertz CT molecular complexity index is 670. The molecule has 1 N–H and O–H groups in total. The number of nitrogens with one attached hydrogen (secondary N) is 1. The number of hydrogen-bond donors (Lipinski definition) is 1. The van der Waals surface area contributed by atoms with E-state index in [1.807, 2.05) is 32.0 Å². The van der Waals surface area contributed by atoms with Gasteiger partial charge in [0.1, 0.15) is 0 Å². The lowest BCUT2D eigenvalue weighted by Crippen LogP contribution is -2.23. The molecule has 0 fully saturated rings. The third kappa shape index (κ3) is 3.95. The van der Waals surface area contributed by atoms with Crippen LogP contribution in [0, 0.1) is 13.8 Å². The van der Waals surface area contributed by atoms with Gasteiger partial charge in [-0.15, -0.1) is 0 Å². The van der Waals surface area contributed by atoms with Gasteiger partial charge in [-0.3, -0.25) is 4.79 Å². The number of carbonyl (C=O) groups is 2. The zero-order valence-corrected chi connectivity index (χ0v) is 13.0. The van der Waals surface area contributed by atoms with Crippen LogP contribution < -0.4 is 5.32 Å². The highest BCUT2D eigenvalue weighted by atomic mass is 16.5. The topological polar surface area (TPSA) is 55.4 Å². The number of amides is 1. The summed E-state index contributed by atoms with van der Waals surface area (Å²) in [6.07, 6.45) is 0. The molecule has 0 atom stereocenters. The Hall–Kier alpha value is -2.62. The predicted octanol–water partition coefficient (Wildman–Crippen LogP) is 3.02. The highest BCUT2D eigenvalue weighted by Crippen LogP contribution is 2.10. The van der Waals surface area contributed by atoms with Gasteiger partial charge in [0.15, 0.2) is 0 Å². The molecule has 1 amide bonds. The number of ether oxygens (including phenoxy) is 1. The van der Waals surface area contributed by atoms with Crippen molar-refractivity contribution in [2.75, 3.05) is 7.11 Å². The summed E-state index contributed by atoms with van der Waals surface area (Å²) < 4.78 is 4.65. The minimum Gasteiger partial charge on any atom is -0.465 e. The van der Waals surface area contributed by atoms with Gasteiger partial charge >= 0.3 is 5.97 Å². The van der Waals surface area contributed by atoms with Crippen LogP contribution in [0.25, 0.3) is 0 Å². The molecule has 0 heterocycles. The van der Waals surface area contributed by atoms with Gasteiger partial charge in [-0.25, -0.2) is 4.79 Å².